The van der Waals surface area contributed by atoms with Crippen molar-refractivity contribution in [2.45, 2.75) is 12.4 Å². The molecule has 2 fully saturated rings. The molecule has 0 bridgehead atoms. The monoisotopic (exact) mass is 828 g/mol. The fraction of sp³-hybridized carbons (Fsp3) is 0.133. The number of carbonyl (C=O) groups excluding carboxylic acids is 2. The Bertz CT molecular complexity index is 2270. The molecule has 6 rings (SSSR count). The predicted octanol–water partition coefficient (Wildman–Crippen LogP) is 9.82. The third-order valence-corrected chi connectivity index (χ3v) is 21.9. The van der Waals surface area contributed by atoms with E-state index in [1.54, 1.807) is 0 Å². The molecule has 0 aliphatic carbocycles. The van der Waals surface area contributed by atoms with Gasteiger partial charge in [-0.15, -0.1) is 0 Å². The molecule has 0 radical (unpaired) electrons. The number of rotatable bonds is 4. The summed E-state index contributed by atoms with van der Waals surface area (Å²) in [5.41, 5.74) is -5.82. The van der Waals surface area contributed by atoms with Gasteiger partial charge in [0.15, 0.2) is 0 Å². The Labute approximate surface area is 291 Å². The molecule has 0 N–H and O–H groups in total. The van der Waals surface area contributed by atoms with Crippen LogP contribution in [0.1, 0.15) is 11.1 Å². The zero-order valence-electron chi connectivity index (χ0n) is 26.2. The fourth-order valence-corrected chi connectivity index (χ4v) is 21.1. The van der Waals surface area contributed by atoms with Gasteiger partial charge in [0.1, 0.15) is 0 Å². The van der Waals surface area contributed by atoms with E-state index >= 15 is 35.1 Å². The Balaban J connectivity index is 1.95. The summed E-state index contributed by atoms with van der Waals surface area (Å²) in [6.07, 6.45) is -10.7. The minimum atomic E-state index is -7.32. The third-order valence-electron chi connectivity index (χ3n) is 8.74. The second-order valence-electron chi connectivity index (χ2n) is 11.4. The first kappa shape index (κ1) is 38.9. The molecule has 6 nitrogen and oxygen atoms in total. The Kier molecular flexibility index (Phi) is 8.70. The molecule has 2 aliphatic heterocycles. The van der Waals surface area contributed by atoms with Gasteiger partial charge >= 0.3 is 291 Å². The maximum absolute atomic E-state index is 16.5. The van der Waals surface area contributed by atoms with Crippen molar-refractivity contribution in [3.05, 3.63) is 118 Å². The van der Waals surface area contributed by atoms with Crippen LogP contribution in [0.5, 0.6) is 0 Å². The number of amides is 4. The molecular formula is C30H14F16N4O2P2. The van der Waals surface area contributed by atoms with Gasteiger partial charge in [0.25, 0.3) is 0 Å². The van der Waals surface area contributed by atoms with Crippen molar-refractivity contribution < 1.29 is 79.8 Å². The molecule has 54 heavy (non-hydrogen) atoms. The van der Waals surface area contributed by atoms with Crippen molar-refractivity contribution in [3.63, 3.8) is 0 Å². The molecular weight excluding hydrogens is 814 g/mol. The maximum atomic E-state index is 16.5. The fourth-order valence-electron chi connectivity index (χ4n) is 6.43. The summed E-state index contributed by atoms with van der Waals surface area (Å²) in [7, 11) is -3.88. The van der Waals surface area contributed by atoms with E-state index < -0.39 is 130 Å². The summed E-state index contributed by atoms with van der Waals surface area (Å²) < 4.78 is 238. The molecule has 1 unspecified atom stereocenters. The van der Waals surface area contributed by atoms with Crippen LogP contribution < -0.4 is 19.9 Å². The quantitative estimate of drug-likeness (QED) is 0.0891. The Morgan fingerprint density at radius 1 is 0.519 bits per heavy atom. The van der Waals surface area contributed by atoms with E-state index in [1.807, 2.05) is 0 Å². The second kappa shape index (κ2) is 12.1. The summed E-state index contributed by atoms with van der Waals surface area (Å²) in [5, 5.41) is -4.67. The van der Waals surface area contributed by atoms with Gasteiger partial charge in [0.05, 0.1) is 0 Å². The van der Waals surface area contributed by atoms with Crippen molar-refractivity contribution >= 4 is 48.6 Å². The molecule has 24 heteroatoms. The molecule has 2 heterocycles. The summed E-state index contributed by atoms with van der Waals surface area (Å²) in [5.74, 6) is -29.2. The van der Waals surface area contributed by atoms with E-state index in [4.69, 9.17) is 0 Å². The van der Waals surface area contributed by atoms with Gasteiger partial charge in [0, 0.05) is 0 Å². The molecule has 2 aliphatic rings. The van der Waals surface area contributed by atoms with Gasteiger partial charge < -0.3 is 0 Å². The first-order valence-corrected chi connectivity index (χ1v) is 18.4. The molecule has 4 aromatic carbocycles. The van der Waals surface area contributed by atoms with Crippen LogP contribution in [0.2, 0.25) is 0 Å². The van der Waals surface area contributed by atoms with Gasteiger partial charge in [-0.3, -0.25) is 0 Å². The SMILES string of the molecule is CN1C(=O)N(c2cccc(C(F)(F)F)c2)P(c2c(F)c(F)c(F)c(F)c2F)P12(c1c(F)c(F)c(F)c(F)c1F)N(C)C(=O)N2c1cccc(C(F)(F)F)c1. The number of alkyl halides is 6. The van der Waals surface area contributed by atoms with Crippen LogP contribution in [0.25, 0.3) is 0 Å². The number of nitrogens with zero attached hydrogens (tertiary/aromatic N) is 4. The third kappa shape index (κ3) is 4.64. The van der Waals surface area contributed by atoms with Crippen LogP contribution in [0.3, 0.4) is 0 Å². The predicted molar refractivity (Wildman–Crippen MR) is 160 cm³/mol. The Hall–Kier alpha value is -4.84. The number of hydrogen-bond acceptors (Lipinski definition) is 2. The van der Waals surface area contributed by atoms with Crippen molar-refractivity contribution in [1.82, 2.24) is 9.34 Å². The van der Waals surface area contributed by atoms with Crippen LogP contribution in [-0.2, 0) is 12.4 Å². The number of benzene rings is 4. The first-order valence-electron chi connectivity index (χ1n) is 14.3. The molecule has 0 aromatic heterocycles. The zero-order chi connectivity index (χ0) is 40.4. The Morgan fingerprint density at radius 3 is 1.33 bits per heavy atom. The van der Waals surface area contributed by atoms with E-state index in [1.165, 1.54) is 0 Å². The average Bonchev–Trinajstić information content (AvgIpc) is 3.32. The van der Waals surface area contributed by atoms with E-state index in [2.05, 4.69) is 0 Å². The number of halogens is 16. The average molecular weight is 828 g/mol. The Morgan fingerprint density at radius 2 is 0.889 bits per heavy atom. The summed E-state index contributed by atoms with van der Waals surface area (Å²) in [4.78, 5) is 28.4. The number of hydrogen-bond donors (Lipinski definition) is 0. The van der Waals surface area contributed by atoms with Gasteiger partial charge in [-0.05, 0) is 0 Å². The molecule has 1 spiro atoms. The molecule has 1 atom stereocenters. The van der Waals surface area contributed by atoms with Crippen LogP contribution in [0.15, 0.2) is 48.5 Å². The molecule has 288 valence electrons. The van der Waals surface area contributed by atoms with Crippen molar-refractivity contribution in [2.24, 2.45) is 0 Å². The normalized spacial score (nSPS) is 19.1. The van der Waals surface area contributed by atoms with E-state index in [0.717, 1.165) is 0 Å². The second-order valence-corrected chi connectivity index (χ2v) is 20.1. The molecule has 0 saturated carbocycles. The van der Waals surface area contributed by atoms with Crippen LogP contribution in [-0.4, -0.2) is 35.5 Å². The summed E-state index contributed by atoms with van der Waals surface area (Å²) in [6.45, 7) is -7.32. The number of urea groups is 2. The van der Waals surface area contributed by atoms with E-state index in [9.17, 15) is 44.7 Å². The van der Waals surface area contributed by atoms with Gasteiger partial charge in [0.2, 0.25) is 0 Å². The summed E-state index contributed by atoms with van der Waals surface area (Å²) in [6, 6.07) is -0.889. The first-order chi connectivity index (χ1) is 24.9. The van der Waals surface area contributed by atoms with E-state index in [-0.39, 0.29) is 30.8 Å². The van der Waals surface area contributed by atoms with Gasteiger partial charge in [-0.2, -0.15) is 0 Å². The molecule has 4 aromatic rings. The zero-order valence-corrected chi connectivity index (χ0v) is 28.0. The summed E-state index contributed by atoms with van der Waals surface area (Å²) >= 11 is 0. The minimum absolute atomic E-state index is 0.0304. The number of anilines is 2. The van der Waals surface area contributed by atoms with Crippen molar-refractivity contribution in [1.29, 1.82) is 0 Å². The van der Waals surface area contributed by atoms with Crippen LogP contribution in [0.4, 0.5) is 91.2 Å². The van der Waals surface area contributed by atoms with Crippen LogP contribution in [0, 0.1) is 58.2 Å². The molecule has 2 saturated heterocycles. The van der Waals surface area contributed by atoms with Crippen molar-refractivity contribution in [2.75, 3.05) is 23.4 Å². The molecule has 4 amide bonds. The van der Waals surface area contributed by atoms with Crippen molar-refractivity contribution in [3.8, 4) is 0 Å². The van der Waals surface area contributed by atoms with Gasteiger partial charge in [-0.25, -0.2) is 0 Å². The van der Waals surface area contributed by atoms with E-state index in [0.29, 0.717) is 50.5 Å². The number of carbonyl (C=O) groups is 2. The van der Waals surface area contributed by atoms with Gasteiger partial charge in [-0.1, -0.05) is 0 Å². The standard InChI is InChI=1S/C30H14F16N4O2P2/c1-47-27(51)49(13-7-3-5-11(9-13)29(41,42)43)53(25-21(37)17(33)15(31)18(34)22(25)38)54(47,26-23(39)19(35)16(32)20(36)24(26)40)48(2)28(52)50(54)14-8-4-6-12(10-14)30(44,45)46/h3-10H,1-2H3. The van der Waals surface area contributed by atoms with Crippen LogP contribution >= 0.6 is 14.5 Å². The topological polar surface area (TPSA) is 47.1 Å².